The van der Waals surface area contributed by atoms with Gasteiger partial charge in [-0.05, 0) is 17.2 Å². The van der Waals surface area contributed by atoms with Gasteiger partial charge in [-0.2, -0.15) is 0 Å². The normalized spacial score (nSPS) is 20.2. The zero-order valence-corrected chi connectivity index (χ0v) is 13.5. The highest BCUT2D eigenvalue weighted by Crippen LogP contribution is 2.25. The molecule has 0 saturated heterocycles. The van der Waals surface area contributed by atoms with Gasteiger partial charge in [0.05, 0.1) is 18.4 Å². The Morgan fingerprint density at radius 2 is 2.09 bits per heavy atom. The Balaban J connectivity index is 1.94. The predicted molar refractivity (Wildman–Crippen MR) is 86.5 cm³/mol. The predicted octanol–water partition coefficient (Wildman–Crippen LogP) is 2.47. The number of oxime groups is 1. The van der Waals surface area contributed by atoms with E-state index >= 15 is 0 Å². The van der Waals surface area contributed by atoms with E-state index in [1.807, 2.05) is 30.3 Å². The van der Waals surface area contributed by atoms with Gasteiger partial charge in [0.2, 0.25) is 0 Å². The van der Waals surface area contributed by atoms with Crippen molar-refractivity contribution in [2.45, 2.75) is 38.5 Å². The van der Waals surface area contributed by atoms with Gasteiger partial charge in [-0.3, -0.25) is 4.79 Å². The molecule has 0 aliphatic carbocycles. The number of carbonyl (C=O) groups is 1. The molecule has 1 aromatic rings. The number of esters is 1. The van der Waals surface area contributed by atoms with Crippen molar-refractivity contribution in [3.05, 3.63) is 47.7 Å². The van der Waals surface area contributed by atoms with Crippen LogP contribution in [0.4, 0.5) is 0 Å². The molecule has 2 N–H and O–H groups in total. The van der Waals surface area contributed by atoms with Crippen molar-refractivity contribution in [2.24, 2.45) is 10.9 Å². The Labute approximate surface area is 135 Å². The lowest BCUT2D eigenvalue weighted by molar-refractivity contribution is -0.197. The smallest absolute Gasteiger partial charge is 0.309 e. The molecule has 0 aromatic heterocycles. The van der Waals surface area contributed by atoms with Gasteiger partial charge < -0.3 is 20.0 Å². The summed E-state index contributed by atoms with van der Waals surface area (Å²) in [4.78, 5) is 16.9. The van der Waals surface area contributed by atoms with Gasteiger partial charge in [0.15, 0.2) is 0 Å². The van der Waals surface area contributed by atoms with E-state index in [9.17, 15) is 4.79 Å². The highest BCUT2D eigenvalue weighted by Gasteiger charge is 2.31. The summed E-state index contributed by atoms with van der Waals surface area (Å²) in [5.41, 5.74) is 8.20. The maximum Gasteiger partial charge on any atom is 0.309 e. The molecule has 1 aromatic carbocycles. The lowest BCUT2D eigenvalue weighted by Gasteiger charge is -2.23. The van der Waals surface area contributed by atoms with Crippen LogP contribution in [-0.4, -0.2) is 24.6 Å². The van der Waals surface area contributed by atoms with Crippen LogP contribution in [-0.2, 0) is 25.7 Å². The van der Waals surface area contributed by atoms with Gasteiger partial charge in [-0.15, -0.1) is 0 Å². The second kappa shape index (κ2) is 7.78. The van der Waals surface area contributed by atoms with Crippen LogP contribution < -0.4 is 5.73 Å². The van der Waals surface area contributed by atoms with E-state index in [1.54, 1.807) is 13.2 Å². The molecule has 0 spiro atoms. The van der Waals surface area contributed by atoms with Crippen LogP contribution in [0, 0.1) is 0 Å². The number of nitrogens with two attached hydrogens (primary N) is 1. The molecule has 2 rings (SSSR count). The molecule has 0 bridgehead atoms. The highest BCUT2D eigenvalue weighted by atomic mass is 16.7. The first-order valence-corrected chi connectivity index (χ1v) is 7.50. The maximum atomic E-state index is 12.0. The quantitative estimate of drug-likeness (QED) is 0.474. The number of ether oxygens (including phenoxy) is 2. The van der Waals surface area contributed by atoms with Crippen LogP contribution in [0.2, 0.25) is 0 Å². The molecule has 0 saturated carbocycles. The number of rotatable bonds is 7. The summed E-state index contributed by atoms with van der Waals surface area (Å²) in [5, 5.41) is 4.01. The Hall–Kier alpha value is -2.34. The van der Waals surface area contributed by atoms with Crippen molar-refractivity contribution in [1.82, 2.24) is 0 Å². The fraction of sp³-hybridized carbons (Fsp3) is 0.412. The van der Waals surface area contributed by atoms with Crippen molar-refractivity contribution in [3.63, 3.8) is 0 Å². The Morgan fingerprint density at radius 1 is 1.35 bits per heavy atom. The first-order chi connectivity index (χ1) is 11.1. The molecule has 6 heteroatoms. The van der Waals surface area contributed by atoms with Crippen LogP contribution in [0.1, 0.15) is 37.3 Å². The fourth-order valence-electron chi connectivity index (χ4n) is 2.27. The van der Waals surface area contributed by atoms with E-state index < -0.39 is 5.79 Å². The Kier molecular flexibility index (Phi) is 5.76. The number of carbonyl (C=O) groups excluding carboxylic acids is 1. The Bertz CT molecular complexity index is 585. The van der Waals surface area contributed by atoms with E-state index in [2.05, 4.69) is 5.16 Å². The summed E-state index contributed by atoms with van der Waals surface area (Å²) in [6, 6.07) is 7.68. The minimum atomic E-state index is -0.890. The van der Waals surface area contributed by atoms with Crippen LogP contribution in [0.15, 0.2) is 41.8 Å². The van der Waals surface area contributed by atoms with E-state index in [1.165, 1.54) is 7.11 Å². The van der Waals surface area contributed by atoms with Crippen molar-refractivity contribution in [1.29, 1.82) is 0 Å². The van der Waals surface area contributed by atoms with Crippen LogP contribution in [0.3, 0.4) is 0 Å². The summed E-state index contributed by atoms with van der Waals surface area (Å²) in [6.45, 7) is 2.22. The monoisotopic (exact) mass is 318 g/mol. The molecule has 1 heterocycles. The third kappa shape index (κ3) is 4.82. The fourth-order valence-corrected chi connectivity index (χ4v) is 2.27. The zero-order valence-electron chi connectivity index (χ0n) is 13.5. The molecule has 1 unspecified atom stereocenters. The average Bonchev–Trinajstić information content (AvgIpc) is 2.97. The molecule has 6 nitrogen and oxygen atoms in total. The molecule has 1 aliphatic heterocycles. The molecule has 124 valence electrons. The number of hydrogen-bond donors (Lipinski definition) is 1. The van der Waals surface area contributed by atoms with Gasteiger partial charge in [0.1, 0.15) is 7.11 Å². The second-order valence-electron chi connectivity index (χ2n) is 5.42. The average molecular weight is 318 g/mol. The van der Waals surface area contributed by atoms with Crippen molar-refractivity contribution >= 4 is 11.7 Å². The summed E-state index contributed by atoms with van der Waals surface area (Å²) >= 11 is 0. The van der Waals surface area contributed by atoms with Crippen LogP contribution in [0.25, 0.3) is 0 Å². The molecular formula is C17H22N2O4. The molecule has 0 fully saturated rings. The second-order valence-corrected chi connectivity index (χ2v) is 5.42. The van der Waals surface area contributed by atoms with Crippen molar-refractivity contribution in [2.75, 3.05) is 7.11 Å². The molecular weight excluding hydrogens is 296 g/mol. The highest BCUT2D eigenvalue weighted by molar-refractivity contribution is 6.01. The summed E-state index contributed by atoms with van der Waals surface area (Å²) in [7, 11) is 1.48. The van der Waals surface area contributed by atoms with Gasteiger partial charge in [0, 0.05) is 26.3 Å². The van der Waals surface area contributed by atoms with Gasteiger partial charge >= 0.3 is 5.97 Å². The molecule has 0 radical (unpaired) electrons. The number of nitrogens with zero attached hydrogens (tertiary/aromatic N) is 1. The van der Waals surface area contributed by atoms with Crippen LogP contribution in [0.5, 0.6) is 0 Å². The van der Waals surface area contributed by atoms with E-state index in [4.69, 9.17) is 20.0 Å². The molecule has 23 heavy (non-hydrogen) atoms. The first kappa shape index (κ1) is 17.0. The summed E-state index contributed by atoms with van der Waals surface area (Å²) in [5.74, 6) is -1.23. The third-order valence-electron chi connectivity index (χ3n) is 3.52. The molecule has 1 aliphatic rings. The number of benzene rings is 1. The topological polar surface area (TPSA) is 83.1 Å². The third-order valence-corrected chi connectivity index (χ3v) is 3.52. The SMILES string of the molecule is CO/N=C(\CCC(=O)OC1(C)CC=CO1)c1ccc(CN)cc1. The standard InChI is InChI=1S/C17H22N2O4/c1-17(10-3-11-22-17)23-16(20)9-8-15(19-21-2)14-6-4-13(12-18)5-7-14/h3-7,11H,8-10,12,18H2,1-2H3/b19-15+. The largest absolute Gasteiger partial charge is 0.460 e. The lowest BCUT2D eigenvalue weighted by atomic mass is 10.0. The van der Waals surface area contributed by atoms with Gasteiger partial charge in [0.25, 0.3) is 5.79 Å². The zero-order chi connectivity index (χ0) is 16.7. The minimum absolute atomic E-state index is 0.194. The van der Waals surface area contributed by atoms with Gasteiger partial charge in [-0.1, -0.05) is 29.4 Å². The maximum absolute atomic E-state index is 12.0. The van der Waals surface area contributed by atoms with Crippen molar-refractivity contribution < 1.29 is 19.1 Å². The van der Waals surface area contributed by atoms with E-state index in [-0.39, 0.29) is 12.4 Å². The molecule has 1 atom stereocenters. The summed E-state index contributed by atoms with van der Waals surface area (Å²) < 4.78 is 10.6. The van der Waals surface area contributed by atoms with Gasteiger partial charge in [-0.25, -0.2) is 0 Å². The van der Waals surface area contributed by atoms with E-state index in [0.717, 1.165) is 11.1 Å². The Morgan fingerprint density at radius 3 is 2.65 bits per heavy atom. The van der Waals surface area contributed by atoms with Crippen LogP contribution >= 0.6 is 0 Å². The minimum Gasteiger partial charge on any atom is -0.460 e. The first-order valence-electron chi connectivity index (χ1n) is 7.50. The van der Waals surface area contributed by atoms with E-state index in [0.29, 0.717) is 25.1 Å². The lowest BCUT2D eigenvalue weighted by Crippen LogP contribution is -2.30. The number of hydrogen-bond acceptors (Lipinski definition) is 6. The molecule has 0 amide bonds. The van der Waals surface area contributed by atoms with Crippen molar-refractivity contribution in [3.8, 4) is 0 Å². The summed E-state index contributed by atoms with van der Waals surface area (Å²) in [6.07, 6.45) is 4.53.